The number of aliphatic hydroxyl groups excluding tert-OH is 1. The summed E-state index contributed by atoms with van der Waals surface area (Å²) in [4.78, 5) is 24.3. The molecule has 7 nitrogen and oxygen atoms in total. The van der Waals surface area contributed by atoms with Crippen molar-refractivity contribution in [3.05, 3.63) is 67.6 Å². The van der Waals surface area contributed by atoms with Gasteiger partial charge in [-0.25, -0.2) is 9.59 Å². The number of carbonyl (C=O) groups excluding carboxylic acids is 2. The van der Waals surface area contributed by atoms with Crippen molar-refractivity contribution < 1.29 is 24.2 Å². The van der Waals surface area contributed by atoms with Crippen LogP contribution >= 0.6 is 31.9 Å². The SMILES string of the molecule is CC(C)[C@]1(NC(=O)OC(C)(C)C)Cc2cccc(Br)c2C1.CC(O)[C@@]1(NC(=O)OC(C)(C)C)Cc2cccc(Br)c2C1. The van der Waals surface area contributed by atoms with Crippen LogP contribution < -0.4 is 10.6 Å². The Bertz CT molecular complexity index is 1200. The van der Waals surface area contributed by atoms with Gasteiger partial charge in [0.2, 0.25) is 0 Å². The zero-order valence-electron chi connectivity index (χ0n) is 26.3. The number of rotatable bonds is 4. The Morgan fingerprint density at radius 1 is 0.738 bits per heavy atom. The van der Waals surface area contributed by atoms with Gasteiger partial charge in [0.05, 0.1) is 17.2 Å². The summed E-state index contributed by atoms with van der Waals surface area (Å²) in [5, 5.41) is 16.3. The quantitative estimate of drug-likeness (QED) is 0.303. The third-order valence-corrected chi connectivity index (χ3v) is 9.32. The monoisotopic (exact) mass is 708 g/mol. The van der Waals surface area contributed by atoms with Gasteiger partial charge in [-0.2, -0.15) is 0 Å². The molecule has 232 valence electrons. The van der Waals surface area contributed by atoms with Crippen molar-refractivity contribution in [2.24, 2.45) is 5.92 Å². The molecule has 0 aliphatic heterocycles. The molecule has 2 aromatic rings. The van der Waals surface area contributed by atoms with Crippen LogP contribution in [0.4, 0.5) is 9.59 Å². The van der Waals surface area contributed by atoms with E-state index in [4.69, 9.17) is 9.47 Å². The smallest absolute Gasteiger partial charge is 0.408 e. The van der Waals surface area contributed by atoms with E-state index in [1.165, 1.54) is 11.1 Å². The molecule has 0 aromatic heterocycles. The number of fused-ring (bicyclic) bond motifs is 2. The Morgan fingerprint density at radius 3 is 1.48 bits per heavy atom. The van der Waals surface area contributed by atoms with Gasteiger partial charge in [-0.05, 0) is 114 Å². The van der Waals surface area contributed by atoms with Gasteiger partial charge in [-0.3, -0.25) is 0 Å². The first-order valence-electron chi connectivity index (χ1n) is 14.5. The molecule has 42 heavy (non-hydrogen) atoms. The summed E-state index contributed by atoms with van der Waals surface area (Å²) in [5.74, 6) is 0.323. The molecule has 0 radical (unpaired) electrons. The molecule has 2 amide bonds. The highest BCUT2D eigenvalue weighted by Crippen LogP contribution is 2.39. The van der Waals surface area contributed by atoms with E-state index in [9.17, 15) is 14.7 Å². The van der Waals surface area contributed by atoms with Crippen LogP contribution in [0.15, 0.2) is 45.3 Å². The number of carbonyl (C=O) groups is 2. The van der Waals surface area contributed by atoms with Crippen molar-refractivity contribution in [3.63, 3.8) is 0 Å². The van der Waals surface area contributed by atoms with Crippen LogP contribution in [0.3, 0.4) is 0 Å². The number of hydrogen-bond donors (Lipinski definition) is 3. The van der Waals surface area contributed by atoms with Crippen molar-refractivity contribution in [1.82, 2.24) is 10.6 Å². The molecule has 3 N–H and O–H groups in total. The van der Waals surface area contributed by atoms with E-state index in [1.807, 2.05) is 65.8 Å². The summed E-state index contributed by atoms with van der Waals surface area (Å²) in [5.41, 5.74) is 2.85. The molecule has 0 heterocycles. The van der Waals surface area contributed by atoms with E-state index < -0.39 is 28.9 Å². The van der Waals surface area contributed by atoms with Crippen LogP contribution in [0.1, 0.15) is 84.6 Å². The minimum Gasteiger partial charge on any atom is -0.444 e. The van der Waals surface area contributed by atoms with E-state index in [2.05, 4.69) is 68.5 Å². The largest absolute Gasteiger partial charge is 0.444 e. The molecule has 2 aliphatic rings. The zero-order valence-corrected chi connectivity index (χ0v) is 29.5. The predicted molar refractivity (Wildman–Crippen MR) is 174 cm³/mol. The Labute approximate surface area is 267 Å². The number of halogens is 2. The lowest BCUT2D eigenvalue weighted by molar-refractivity contribution is 0.0275. The van der Waals surface area contributed by atoms with Crippen molar-refractivity contribution in [2.75, 3.05) is 0 Å². The van der Waals surface area contributed by atoms with Gasteiger partial charge in [0.1, 0.15) is 11.2 Å². The van der Waals surface area contributed by atoms with Gasteiger partial charge < -0.3 is 25.2 Å². The van der Waals surface area contributed by atoms with Gasteiger partial charge in [0, 0.05) is 8.95 Å². The first-order valence-corrected chi connectivity index (χ1v) is 16.1. The van der Waals surface area contributed by atoms with Gasteiger partial charge in [0.25, 0.3) is 0 Å². The first-order chi connectivity index (χ1) is 19.3. The molecule has 9 heteroatoms. The lowest BCUT2D eigenvalue weighted by Crippen LogP contribution is -2.57. The molecule has 3 atom stereocenters. The molecular formula is C33H46Br2N2O5. The minimum atomic E-state index is -0.714. The summed E-state index contributed by atoms with van der Waals surface area (Å²) in [6, 6.07) is 12.2. The van der Waals surface area contributed by atoms with Crippen molar-refractivity contribution in [3.8, 4) is 0 Å². The number of amides is 2. The maximum absolute atomic E-state index is 12.2. The van der Waals surface area contributed by atoms with Crippen LogP contribution in [-0.2, 0) is 35.2 Å². The molecule has 0 fully saturated rings. The number of nitrogens with one attached hydrogen (secondary N) is 2. The van der Waals surface area contributed by atoms with E-state index in [1.54, 1.807) is 6.92 Å². The molecule has 0 saturated carbocycles. The van der Waals surface area contributed by atoms with Gasteiger partial charge in [-0.15, -0.1) is 0 Å². The lowest BCUT2D eigenvalue weighted by Gasteiger charge is -2.35. The van der Waals surface area contributed by atoms with Crippen LogP contribution in [0.25, 0.3) is 0 Å². The van der Waals surface area contributed by atoms with Crippen LogP contribution in [0, 0.1) is 5.92 Å². The second-order valence-corrected chi connectivity index (χ2v) is 15.6. The first kappa shape index (κ1) is 34.4. The molecule has 1 unspecified atom stereocenters. The van der Waals surface area contributed by atoms with E-state index in [-0.39, 0.29) is 11.6 Å². The fraction of sp³-hybridized carbons (Fsp3) is 0.576. The molecule has 4 rings (SSSR count). The summed E-state index contributed by atoms with van der Waals surface area (Å²) in [6.07, 6.45) is 1.36. The Kier molecular flexibility index (Phi) is 10.5. The summed E-state index contributed by atoms with van der Waals surface area (Å²) in [7, 11) is 0. The third-order valence-electron chi connectivity index (χ3n) is 7.83. The Morgan fingerprint density at radius 2 is 1.12 bits per heavy atom. The highest BCUT2D eigenvalue weighted by molar-refractivity contribution is 9.10. The summed E-state index contributed by atoms with van der Waals surface area (Å²) >= 11 is 7.16. The second kappa shape index (κ2) is 12.9. The van der Waals surface area contributed by atoms with Crippen LogP contribution in [0.5, 0.6) is 0 Å². The number of alkyl carbamates (subject to hydrolysis) is 2. The van der Waals surface area contributed by atoms with Crippen LogP contribution in [-0.4, -0.2) is 45.7 Å². The maximum atomic E-state index is 12.2. The van der Waals surface area contributed by atoms with Crippen molar-refractivity contribution >= 4 is 44.0 Å². The van der Waals surface area contributed by atoms with Gasteiger partial charge >= 0.3 is 12.2 Å². The highest BCUT2D eigenvalue weighted by Gasteiger charge is 2.44. The Balaban J connectivity index is 0.000000230. The summed E-state index contributed by atoms with van der Waals surface area (Å²) < 4.78 is 12.9. The average Bonchev–Trinajstić information content (AvgIpc) is 3.38. The molecular weight excluding hydrogens is 664 g/mol. The van der Waals surface area contributed by atoms with E-state index in [0.717, 1.165) is 32.9 Å². The highest BCUT2D eigenvalue weighted by atomic mass is 79.9. The van der Waals surface area contributed by atoms with E-state index in [0.29, 0.717) is 18.8 Å². The molecule has 2 aromatic carbocycles. The molecule has 0 spiro atoms. The Hall–Kier alpha value is -2.10. The van der Waals surface area contributed by atoms with Gasteiger partial charge in [0.15, 0.2) is 0 Å². The van der Waals surface area contributed by atoms with Crippen LogP contribution in [0.2, 0.25) is 0 Å². The zero-order chi connectivity index (χ0) is 31.7. The summed E-state index contributed by atoms with van der Waals surface area (Å²) in [6.45, 7) is 17.1. The molecule has 2 aliphatic carbocycles. The normalized spacial score (nSPS) is 21.9. The fourth-order valence-corrected chi connectivity index (χ4v) is 6.61. The second-order valence-electron chi connectivity index (χ2n) is 13.9. The van der Waals surface area contributed by atoms with Crippen molar-refractivity contribution in [2.45, 2.75) is 116 Å². The standard InChI is InChI=1S/C17H24BrNO2.C16H22BrNO3/c1-11(2)17(19-15(20)21-16(3,4)5)9-12-7-6-8-14(18)13(12)10-17;1-10(19)16(18-14(20)21-15(2,3)4)8-11-6-5-7-13(17)12(11)9-16/h6-8,11H,9-10H2,1-5H3,(H,19,20);5-7,10,19H,8-9H2,1-4H3,(H,18,20)/t17-;10?,16-/m01/s1. The maximum Gasteiger partial charge on any atom is 0.408 e. The lowest BCUT2D eigenvalue weighted by atomic mass is 9.83. The third kappa shape index (κ3) is 8.50. The molecule has 0 bridgehead atoms. The number of benzene rings is 2. The minimum absolute atomic E-state index is 0.269. The fourth-order valence-electron chi connectivity index (χ4n) is 5.51. The number of hydrogen-bond acceptors (Lipinski definition) is 5. The predicted octanol–water partition coefficient (Wildman–Crippen LogP) is 7.66. The average molecular weight is 711 g/mol. The number of aliphatic hydroxyl groups is 1. The molecule has 0 saturated heterocycles. The van der Waals surface area contributed by atoms with E-state index >= 15 is 0 Å². The van der Waals surface area contributed by atoms with Gasteiger partial charge in [-0.1, -0.05) is 70.0 Å². The number of ether oxygens (including phenoxy) is 2. The topological polar surface area (TPSA) is 96.9 Å². The van der Waals surface area contributed by atoms with Crippen molar-refractivity contribution in [1.29, 1.82) is 0 Å².